The number of methoxy groups -OCH3 is 1. The van der Waals surface area contributed by atoms with Crippen LogP contribution in [0.3, 0.4) is 0 Å². The summed E-state index contributed by atoms with van der Waals surface area (Å²) in [7, 11) is 5.03. The van der Waals surface area contributed by atoms with Gasteiger partial charge < -0.3 is 20.8 Å². The summed E-state index contributed by atoms with van der Waals surface area (Å²) < 4.78 is 35.0. The van der Waals surface area contributed by atoms with Crippen molar-refractivity contribution in [1.29, 1.82) is 0 Å². The lowest BCUT2D eigenvalue weighted by Gasteiger charge is -2.17. The average Bonchev–Trinajstić information content (AvgIpc) is 3.19. The molecule has 0 spiro atoms. The third-order valence-electron chi connectivity index (χ3n) is 5.41. The van der Waals surface area contributed by atoms with Crippen LogP contribution in [0.25, 0.3) is 11.1 Å². The Labute approximate surface area is 194 Å². The first-order valence-electron chi connectivity index (χ1n) is 10.2. The first kappa shape index (κ1) is 24.4. The highest BCUT2D eigenvalue weighted by Crippen LogP contribution is 2.46. The zero-order valence-electron chi connectivity index (χ0n) is 18.4. The van der Waals surface area contributed by atoms with Crippen LogP contribution < -0.4 is 21.3 Å². The third-order valence-corrected chi connectivity index (χ3v) is 5.78. The summed E-state index contributed by atoms with van der Waals surface area (Å²) in [5.74, 6) is -2.73. The lowest BCUT2D eigenvalue weighted by Crippen LogP contribution is -2.14. The molecule has 2 aromatic carbocycles. The van der Waals surface area contributed by atoms with Gasteiger partial charge >= 0.3 is 0 Å². The Kier molecular flexibility index (Phi) is 7.50. The number of aromatic nitrogens is 1. The number of pyridine rings is 1. The van der Waals surface area contributed by atoms with E-state index in [1.54, 1.807) is 12.1 Å². The first-order chi connectivity index (χ1) is 15.7. The molecule has 0 saturated carbocycles. The smallest absolute Gasteiger partial charge is 0.249 e. The van der Waals surface area contributed by atoms with Gasteiger partial charge in [0, 0.05) is 28.8 Å². The van der Waals surface area contributed by atoms with Crippen molar-refractivity contribution in [3.8, 4) is 16.9 Å². The quantitative estimate of drug-likeness (QED) is 0.534. The van der Waals surface area contributed by atoms with E-state index in [4.69, 9.17) is 22.1 Å². The fourth-order valence-corrected chi connectivity index (χ4v) is 4.33. The lowest BCUT2D eigenvalue weighted by molar-refractivity contribution is 0.100. The topological polar surface area (TPSA) is 97.2 Å². The molecule has 0 fully saturated rings. The van der Waals surface area contributed by atoms with Crippen molar-refractivity contribution in [1.82, 2.24) is 10.3 Å². The number of rotatable bonds is 4. The summed E-state index contributed by atoms with van der Waals surface area (Å²) in [5.41, 5.74) is 6.89. The van der Waals surface area contributed by atoms with Gasteiger partial charge in [0.1, 0.15) is 5.82 Å². The van der Waals surface area contributed by atoms with E-state index in [1.165, 1.54) is 31.4 Å². The minimum Gasteiger partial charge on any atom is -0.494 e. The van der Waals surface area contributed by atoms with Crippen molar-refractivity contribution >= 4 is 17.5 Å². The van der Waals surface area contributed by atoms with Gasteiger partial charge in [0.05, 0.1) is 17.7 Å². The van der Waals surface area contributed by atoms with Gasteiger partial charge in [-0.3, -0.25) is 9.59 Å². The molecule has 6 nitrogen and oxygen atoms in total. The summed E-state index contributed by atoms with van der Waals surface area (Å²) in [6.45, 7) is 0. The van der Waals surface area contributed by atoms with E-state index in [0.717, 1.165) is 0 Å². The van der Waals surface area contributed by atoms with Gasteiger partial charge in [-0.1, -0.05) is 17.7 Å². The normalized spacial score (nSPS) is 14.3. The van der Waals surface area contributed by atoms with Crippen LogP contribution in [-0.2, 0) is 12.8 Å². The number of benzene rings is 2. The number of carbonyl (C=O) groups is 1. The van der Waals surface area contributed by atoms with Gasteiger partial charge in [0.2, 0.25) is 11.5 Å². The standard InChI is InChI=1S/C22H17ClF2N2O3.C2H7N/c1-30-16-6-5-12(22(26)29)19(21(16)25)18-13-8-11(15-3-2-4-17(28)27-15)7-10(13)9-14(24)20(18)23;1-3-2/h2-6,9,11H,7-8H2,1H3,(H2,26,29)(H,27,28);3H,1-2H3. The van der Waals surface area contributed by atoms with E-state index in [2.05, 4.69) is 10.3 Å². The van der Waals surface area contributed by atoms with Crippen molar-refractivity contribution in [3.63, 3.8) is 0 Å². The van der Waals surface area contributed by atoms with Crippen LogP contribution >= 0.6 is 11.6 Å². The maximum Gasteiger partial charge on any atom is 0.249 e. The number of carbonyl (C=O) groups excluding carboxylic acids is 1. The van der Waals surface area contributed by atoms with E-state index in [9.17, 15) is 14.0 Å². The van der Waals surface area contributed by atoms with E-state index >= 15 is 4.39 Å². The van der Waals surface area contributed by atoms with Gasteiger partial charge in [-0.25, -0.2) is 8.78 Å². The molecule has 0 saturated heterocycles. The molecule has 4 N–H and O–H groups in total. The zero-order chi connectivity index (χ0) is 24.3. The van der Waals surface area contributed by atoms with Gasteiger partial charge in [0.25, 0.3) is 0 Å². The zero-order valence-corrected chi connectivity index (χ0v) is 19.1. The minimum atomic E-state index is -0.873. The predicted molar refractivity (Wildman–Crippen MR) is 124 cm³/mol. The molecule has 9 heteroatoms. The average molecular weight is 476 g/mol. The number of hydrogen-bond acceptors (Lipinski definition) is 4. The van der Waals surface area contributed by atoms with Crippen LogP contribution in [0.4, 0.5) is 8.78 Å². The number of amides is 1. The van der Waals surface area contributed by atoms with E-state index in [-0.39, 0.29) is 38.9 Å². The number of nitrogens with one attached hydrogen (secondary N) is 2. The molecule has 1 heterocycles. The SMILES string of the molecule is CNC.COc1ccc(C(N)=O)c(-c2c(Cl)c(F)cc3c2CC(c2cccc(=O)[nH]2)C3)c1F. The molecule has 1 unspecified atom stereocenters. The molecule has 1 aliphatic carbocycles. The Balaban J connectivity index is 0.000000968. The Morgan fingerprint density at radius 2 is 1.88 bits per heavy atom. The fourth-order valence-electron chi connectivity index (χ4n) is 4.06. The summed E-state index contributed by atoms with van der Waals surface area (Å²) in [5, 5.41) is 2.45. The maximum atomic E-state index is 15.3. The molecule has 174 valence electrons. The highest BCUT2D eigenvalue weighted by molar-refractivity contribution is 6.34. The second kappa shape index (κ2) is 10.1. The number of ether oxygens (including phenoxy) is 1. The lowest BCUT2D eigenvalue weighted by atomic mass is 9.91. The van der Waals surface area contributed by atoms with Crippen molar-refractivity contribution in [2.24, 2.45) is 5.73 Å². The number of fused-ring (bicyclic) bond motifs is 1. The molecule has 0 bridgehead atoms. The Morgan fingerprint density at radius 3 is 2.48 bits per heavy atom. The molecule has 1 aromatic heterocycles. The number of primary amides is 1. The molecule has 1 amide bonds. The molecule has 3 aromatic rings. The number of aromatic amines is 1. The number of nitrogens with two attached hydrogens (primary N) is 1. The molecule has 33 heavy (non-hydrogen) atoms. The number of halogens is 3. The molecule has 4 rings (SSSR count). The Hall–Kier alpha value is -3.23. The monoisotopic (exact) mass is 475 g/mol. The highest BCUT2D eigenvalue weighted by Gasteiger charge is 2.32. The second-order valence-corrected chi connectivity index (χ2v) is 8.01. The van der Waals surface area contributed by atoms with Gasteiger partial charge in [-0.15, -0.1) is 0 Å². The summed E-state index contributed by atoms with van der Waals surface area (Å²) in [4.78, 5) is 26.5. The Morgan fingerprint density at radius 1 is 1.18 bits per heavy atom. The third kappa shape index (κ3) is 4.77. The Bertz CT molecular complexity index is 1260. The minimum absolute atomic E-state index is 0.0812. The van der Waals surface area contributed by atoms with E-state index in [1.807, 2.05) is 14.1 Å². The fraction of sp³-hybridized carbons (Fsp3) is 0.250. The molecule has 0 aliphatic heterocycles. The van der Waals surface area contributed by atoms with Gasteiger partial charge in [0.15, 0.2) is 11.6 Å². The summed E-state index contributed by atoms with van der Waals surface area (Å²) in [6, 6.07) is 8.73. The van der Waals surface area contributed by atoms with Gasteiger partial charge in [-0.05, 0) is 62.3 Å². The summed E-state index contributed by atoms with van der Waals surface area (Å²) in [6.07, 6.45) is 0.799. The van der Waals surface area contributed by atoms with Crippen LogP contribution in [0.1, 0.15) is 33.1 Å². The van der Waals surface area contributed by atoms with Gasteiger partial charge in [-0.2, -0.15) is 0 Å². The number of H-pyrrole nitrogens is 1. The van der Waals surface area contributed by atoms with Crippen LogP contribution in [0, 0.1) is 11.6 Å². The van der Waals surface area contributed by atoms with Crippen molar-refractivity contribution in [2.45, 2.75) is 18.8 Å². The second-order valence-electron chi connectivity index (χ2n) is 7.63. The van der Waals surface area contributed by atoms with Crippen LogP contribution in [-0.4, -0.2) is 32.1 Å². The first-order valence-corrected chi connectivity index (χ1v) is 10.5. The molecule has 1 atom stereocenters. The van der Waals surface area contributed by atoms with Crippen molar-refractivity contribution < 1.29 is 18.3 Å². The number of hydrogen-bond donors (Lipinski definition) is 3. The van der Waals surface area contributed by atoms with Crippen LogP contribution in [0.15, 0.2) is 41.2 Å². The van der Waals surface area contributed by atoms with Crippen molar-refractivity contribution in [2.75, 3.05) is 21.2 Å². The van der Waals surface area contributed by atoms with E-state index < -0.39 is 17.5 Å². The molecule has 0 radical (unpaired) electrons. The van der Waals surface area contributed by atoms with Crippen molar-refractivity contribution in [3.05, 3.63) is 85.8 Å². The van der Waals surface area contributed by atoms with Crippen LogP contribution in [0.2, 0.25) is 5.02 Å². The van der Waals surface area contributed by atoms with Crippen LogP contribution in [0.5, 0.6) is 5.75 Å². The highest BCUT2D eigenvalue weighted by atomic mass is 35.5. The predicted octanol–water partition coefficient (Wildman–Crippen LogP) is 3.80. The maximum absolute atomic E-state index is 15.3. The molecular formula is C24H24ClF2N3O3. The van der Waals surface area contributed by atoms with E-state index in [0.29, 0.717) is 29.7 Å². The molecular weight excluding hydrogens is 452 g/mol. The molecule has 1 aliphatic rings. The summed E-state index contributed by atoms with van der Waals surface area (Å²) >= 11 is 6.28. The largest absolute Gasteiger partial charge is 0.494 e.